The van der Waals surface area contributed by atoms with Gasteiger partial charge in [0, 0.05) is 18.2 Å². The Morgan fingerprint density at radius 2 is 2.11 bits per heavy atom. The molecule has 0 aromatic carbocycles. The molecule has 0 saturated heterocycles. The molecule has 7 nitrogen and oxygen atoms in total. The minimum absolute atomic E-state index is 0.0742. The second-order valence-electron chi connectivity index (χ2n) is 3.33. The smallest absolute Gasteiger partial charge is 0.331 e. The van der Waals surface area contributed by atoms with Gasteiger partial charge in [-0.15, -0.1) is 0 Å². The van der Waals surface area contributed by atoms with Gasteiger partial charge in [0.2, 0.25) is 5.91 Å². The van der Waals surface area contributed by atoms with Gasteiger partial charge >= 0.3 is 11.9 Å². The Labute approximate surface area is 103 Å². The molecule has 0 aromatic heterocycles. The molecular weight excluding hydrogens is 242 g/mol. The molecule has 1 atom stereocenters. The zero-order valence-electron chi connectivity index (χ0n) is 9.74. The average molecular weight is 255 g/mol. The summed E-state index contributed by atoms with van der Waals surface area (Å²) in [6.45, 7) is -0.000367. The summed E-state index contributed by atoms with van der Waals surface area (Å²) in [5.74, 6) is -1.74. The Morgan fingerprint density at radius 3 is 2.67 bits per heavy atom. The zero-order valence-corrected chi connectivity index (χ0v) is 9.74. The van der Waals surface area contributed by atoms with Gasteiger partial charge in [-0.2, -0.15) is 0 Å². The summed E-state index contributed by atoms with van der Waals surface area (Å²) in [4.78, 5) is 34.1. The fraction of sp³-hybridized carbons (Fsp3) is 0.364. The fourth-order valence-electron chi connectivity index (χ4n) is 1.24. The molecule has 98 valence electrons. The lowest BCUT2D eigenvalue weighted by molar-refractivity contribution is -0.142. The lowest BCUT2D eigenvalue weighted by Crippen LogP contribution is -2.36. The molecule has 1 rings (SSSR count). The second-order valence-corrected chi connectivity index (χ2v) is 3.33. The minimum atomic E-state index is -0.984. The molecule has 0 radical (unpaired) electrons. The van der Waals surface area contributed by atoms with E-state index in [1.54, 1.807) is 0 Å². The molecule has 1 aliphatic heterocycles. The van der Waals surface area contributed by atoms with E-state index < -0.39 is 18.2 Å². The van der Waals surface area contributed by atoms with Crippen LogP contribution < -0.4 is 0 Å². The Kier molecular flexibility index (Phi) is 5.06. The Hall–Kier alpha value is -2.15. The molecule has 1 heterocycles. The molecule has 7 heteroatoms. The summed E-state index contributed by atoms with van der Waals surface area (Å²) in [5.41, 5.74) is 0. The Balaban J connectivity index is 2.26. The van der Waals surface area contributed by atoms with Crippen molar-refractivity contribution < 1.29 is 29.0 Å². The molecule has 0 aliphatic carbocycles. The first-order valence-corrected chi connectivity index (χ1v) is 5.14. The molecule has 0 aromatic rings. The van der Waals surface area contributed by atoms with E-state index in [4.69, 9.17) is 4.74 Å². The number of nitrogens with zero attached hydrogens (tertiary/aromatic N) is 1. The van der Waals surface area contributed by atoms with E-state index >= 15 is 0 Å². The van der Waals surface area contributed by atoms with E-state index in [2.05, 4.69) is 4.74 Å². The van der Waals surface area contributed by atoms with E-state index in [1.165, 1.54) is 19.3 Å². The fourth-order valence-corrected chi connectivity index (χ4v) is 1.24. The van der Waals surface area contributed by atoms with Crippen LogP contribution in [0.3, 0.4) is 0 Å². The lowest BCUT2D eigenvalue weighted by atomic mass is 10.5. The van der Waals surface area contributed by atoms with Crippen LogP contribution in [0.4, 0.5) is 0 Å². The molecule has 0 fully saturated rings. The van der Waals surface area contributed by atoms with Crippen molar-refractivity contribution in [2.24, 2.45) is 0 Å². The normalized spacial score (nSPS) is 18.4. The number of carbonyl (C=O) groups excluding carboxylic acids is 3. The molecule has 1 amide bonds. The first-order chi connectivity index (χ1) is 8.54. The maximum absolute atomic E-state index is 11.2. The van der Waals surface area contributed by atoms with Crippen LogP contribution in [0.25, 0.3) is 0 Å². The van der Waals surface area contributed by atoms with Crippen molar-refractivity contribution in [3.63, 3.8) is 0 Å². The third kappa shape index (κ3) is 4.02. The molecular formula is C11H13NO6. The summed E-state index contributed by atoms with van der Waals surface area (Å²) < 4.78 is 9.02. The molecule has 18 heavy (non-hydrogen) atoms. The number of ether oxygens (including phenoxy) is 2. The highest BCUT2D eigenvalue weighted by Gasteiger charge is 2.23. The van der Waals surface area contributed by atoms with Crippen molar-refractivity contribution in [1.29, 1.82) is 0 Å². The predicted molar refractivity (Wildman–Crippen MR) is 59.0 cm³/mol. The molecule has 0 saturated carbocycles. The number of carbonyl (C=O) groups is 3. The second kappa shape index (κ2) is 6.55. The third-order valence-corrected chi connectivity index (χ3v) is 2.15. The van der Waals surface area contributed by atoms with Crippen LogP contribution in [0.2, 0.25) is 0 Å². The van der Waals surface area contributed by atoms with Gasteiger partial charge in [-0.05, 0) is 6.08 Å². The summed E-state index contributed by atoms with van der Waals surface area (Å²) in [7, 11) is 1.19. The van der Waals surface area contributed by atoms with Crippen LogP contribution in [0.1, 0.15) is 0 Å². The van der Waals surface area contributed by atoms with Crippen molar-refractivity contribution in [3.05, 3.63) is 24.3 Å². The summed E-state index contributed by atoms with van der Waals surface area (Å²) >= 11 is 0. The number of amides is 1. The van der Waals surface area contributed by atoms with Crippen molar-refractivity contribution >= 4 is 17.8 Å². The van der Waals surface area contributed by atoms with Crippen LogP contribution in [-0.4, -0.2) is 54.3 Å². The monoisotopic (exact) mass is 255 g/mol. The molecule has 0 spiro atoms. The van der Waals surface area contributed by atoms with Gasteiger partial charge in [0.05, 0.1) is 13.7 Å². The van der Waals surface area contributed by atoms with E-state index in [9.17, 15) is 19.5 Å². The van der Waals surface area contributed by atoms with Gasteiger partial charge in [-0.3, -0.25) is 4.79 Å². The highest BCUT2D eigenvalue weighted by Crippen LogP contribution is 2.07. The number of rotatable bonds is 5. The van der Waals surface area contributed by atoms with Gasteiger partial charge in [0.1, 0.15) is 12.8 Å². The quantitative estimate of drug-likeness (QED) is 0.499. The molecule has 1 aliphatic rings. The highest BCUT2D eigenvalue weighted by atomic mass is 16.5. The maximum Gasteiger partial charge on any atom is 0.331 e. The van der Waals surface area contributed by atoms with Crippen molar-refractivity contribution in [2.45, 2.75) is 6.23 Å². The van der Waals surface area contributed by atoms with Crippen LogP contribution in [-0.2, 0) is 23.9 Å². The van der Waals surface area contributed by atoms with Crippen LogP contribution in [0, 0.1) is 0 Å². The third-order valence-electron chi connectivity index (χ3n) is 2.15. The number of methoxy groups -OCH3 is 1. The van der Waals surface area contributed by atoms with Gasteiger partial charge in [-0.25, -0.2) is 9.59 Å². The first-order valence-electron chi connectivity index (χ1n) is 5.14. The van der Waals surface area contributed by atoms with E-state index in [-0.39, 0.29) is 19.1 Å². The molecule has 1 N–H and O–H groups in total. The number of esters is 2. The standard InChI is InChI=1S/C11H13NO6/c1-17-10(15)4-5-11(16)18-7-6-12-8(13)2-3-9(12)14/h2-5,8,13H,6-7H2,1H3/b5-4+. The number of hydrogen-bond donors (Lipinski definition) is 1. The highest BCUT2D eigenvalue weighted by molar-refractivity contribution is 5.92. The average Bonchev–Trinajstić information content (AvgIpc) is 2.67. The lowest BCUT2D eigenvalue weighted by Gasteiger charge is -2.19. The SMILES string of the molecule is COC(=O)/C=C/C(=O)OCCN1C(=O)C=CC1O. The summed E-state index contributed by atoms with van der Waals surface area (Å²) in [6.07, 6.45) is 3.44. The van der Waals surface area contributed by atoms with E-state index in [0.29, 0.717) is 0 Å². The first kappa shape index (κ1) is 13.9. The zero-order chi connectivity index (χ0) is 13.5. The van der Waals surface area contributed by atoms with Crippen molar-refractivity contribution in [3.8, 4) is 0 Å². The van der Waals surface area contributed by atoms with Crippen LogP contribution in [0.5, 0.6) is 0 Å². The van der Waals surface area contributed by atoms with E-state index in [1.807, 2.05) is 0 Å². The van der Waals surface area contributed by atoms with Crippen LogP contribution in [0.15, 0.2) is 24.3 Å². The van der Waals surface area contributed by atoms with Gasteiger partial charge < -0.3 is 19.5 Å². The van der Waals surface area contributed by atoms with Gasteiger partial charge in [0.15, 0.2) is 0 Å². The van der Waals surface area contributed by atoms with Gasteiger partial charge in [-0.1, -0.05) is 0 Å². The number of aliphatic hydroxyl groups is 1. The number of hydrogen-bond acceptors (Lipinski definition) is 6. The minimum Gasteiger partial charge on any atom is -0.466 e. The van der Waals surface area contributed by atoms with Crippen molar-refractivity contribution in [1.82, 2.24) is 4.90 Å². The molecule has 0 bridgehead atoms. The molecule has 1 unspecified atom stereocenters. The topological polar surface area (TPSA) is 93.1 Å². The van der Waals surface area contributed by atoms with Crippen LogP contribution >= 0.6 is 0 Å². The van der Waals surface area contributed by atoms with E-state index in [0.717, 1.165) is 17.1 Å². The van der Waals surface area contributed by atoms with Gasteiger partial charge in [0.25, 0.3) is 0 Å². The Bertz CT molecular complexity index is 400. The largest absolute Gasteiger partial charge is 0.466 e. The summed E-state index contributed by atoms with van der Waals surface area (Å²) in [6, 6.07) is 0. The summed E-state index contributed by atoms with van der Waals surface area (Å²) in [5, 5.41) is 9.34. The Morgan fingerprint density at radius 1 is 1.44 bits per heavy atom. The maximum atomic E-state index is 11.2. The number of aliphatic hydroxyl groups excluding tert-OH is 1. The predicted octanol–water partition coefficient (Wildman–Crippen LogP) is -1.02. The van der Waals surface area contributed by atoms with Crippen molar-refractivity contribution in [2.75, 3.05) is 20.3 Å².